The zero-order valence-corrected chi connectivity index (χ0v) is 10.8. The summed E-state index contributed by atoms with van der Waals surface area (Å²) in [5.41, 5.74) is 9.59. The molecule has 6 nitrogen and oxygen atoms in total. The Hall–Kier alpha value is -1.82. The molecule has 6 heteroatoms. The Morgan fingerprint density at radius 1 is 1.44 bits per heavy atom. The predicted octanol–water partition coefficient (Wildman–Crippen LogP) is 0.368. The molecule has 1 rings (SSSR count). The fraction of sp³-hybridized carbons (Fsp3) is 0.500. The van der Waals surface area contributed by atoms with E-state index in [4.69, 9.17) is 15.9 Å². The molecule has 0 spiro atoms. The molecule has 1 aromatic heterocycles. The highest BCUT2D eigenvalue weighted by molar-refractivity contribution is 5.97. The molecule has 1 heterocycles. The van der Waals surface area contributed by atoms with Crippen LogP contribution in [0.1, 0.15) is 37.1 Å². The molecule has 100 valence electrons. The maximum Gasteiger partial charge on any atom is 0.287 e. The third-order valence-corrected chi connectivity index (χ3v) is 3.13. The van der Waals surface area contributed by atoms with Gasteiger partial charge in [0.2, 0.25) is 5.91 Å². The van der Waals surface area contributed by atoms with Crippen LogP contribution in [0.15, 0.2) is 16.5 Å². The summed E-state index contributed by atoms with van der Waals surface area (Å²) in [6.45, 7) is 5.41. The molecule has 0 bridgehead atoms. The van der Waals surface area contributed by atoms with Gasteiger partial charge in [-0.1, -0.05) is 13.8 Å². The van der Waals surface area contributed by atoms with Gasteiger partial charge in [-0.25, -0.2) is 0 Å². The van der Waals surface area contributed by atoms with Crippen LogP contribution in [-0.4, -0.2) is 17.4 Å². The normalized spacial score (nSPS) is 14.3. The molecule has 18 heavy (non-hydrogen) atoms. The summed E-state index contributed by atoms with van der Waals surface area (Å²) in [5, 5.41) is 2.60. The van der Waals surface area contributed by atoms with Crippen LogP contribution in [0.25, 0.3) is 0 Å². The van der Waals surface area contributed by atoms with Crippen molar-refractivity contribution in [3.8, 4) is 0 Å². The molecule has 0 fully saturated rings. The lowest BCUT2D eigenvalue weighted by Crippen LogP contribution is -2.58. The lowest BCUT2D eigenvalue weighted by molar-refractivity contribution is -0.125. The molecule has 2 amide bonds. The lowest BCUT2D eigenvalue weighted by atomic mass is 9.87. The fourth-order valence-electron chi connectivity index (χ4n) is 1.40. The van der Waals surface area contributed by atoms with Crippen molar-refractivity contribution in [2.24, 2.45) is 17.4 Å². The van der Waals surface area contributed by atoms with Gasteiger partial charge in [-0.2, -0.15) is 0 Å². The second-order valence-electron chi connectivity index (χ2n) is 4.65. The maximum absolute atomic E-state index is 11.9. The number of hydrogen-bond acceptors (Lipinski definition) is 4. The quantitative estimate of drug-likeness (QED) is 0.703. The Morgan fingerprint density at radius 2 is 2.06 bits per heavy atom. The molecule has 1 aromatic rings. The smallest absolute Gasteiger partial charge is 0.287 e. The topological polar surface area (TPSA) is 111 Å². The summed E-state index contributed by atoms with van der Waals surface area (Å²) in [6, 6.07) is 3.13. The summed E-state index contributed by atoms with van der Waals surface area (Å²) >= 11 is 0. The Bertz CT molecular complexity index is 453. The average molecular weight is 253 g/mol. The van der Waals surface area contributed by atoms with Crippen LogP contribution >= 0.6 is 0 Å². The number of nitrogens with two attached hydrogens (primary N) is 2. The zero-order valence-electron chi connectivity index (χ0n) is 10.8. The molecule has 0 aromatic carbocycles. The standard InChI is InChI=1S/C12H19N3O3/c1-7(2)12(3,11(14)17)15-10(16)9-5-4-8(6-13)18-9/h4-5,7H,6,13H2,1-3H3,(H2,14,17)(H,15,16). The molecular weight excluding hydrogens is 234 g/mol. The van der Waals surface area contributed by atoms with Gasteiger partial charge in [0.05, 0.1) is 6.54 Å². The Labute approximate surface area is 106 Å². The van der Waals surface area contributed by atoms with Crippen molar-refractivity contribution in [1.29, 1.82) is 0 Å². The summed E-state index contributed by atoms with van der Waals surface area (Å²) in [5.74, 6) is -0.585. The number of hydrogen-bond donors (Lipinski definition) is 3. The highest BCUT2D eigenvalue weighted by atomic mass is 16.4. The molecule has 0 saturated carbocycles. The lowest BCUT2D eigenvalue weighted by Gasteiger charge is -2.30. The largest absolute Gasteiger partial charge is 0.455 e. The van der Waals surface area contributed by atoms with Crippen LogP contribution in [0, 0.1) is 5.92 Å². The van der Waals surface area contributed by atoms with Crippen LogP contribution in [-0.2, 0) is 11.3 Å². The van der Waals surface area contributed by atoms with E-state index in [9.17, 15) is 9.59 Å². The van der Waals surface area contributed by atoms with Crippen LogP contribution in [0.5, 0.6) is 0 Å². The minimum absolute atomic E-state index is 0.114. The molecular formula is C12H19N3O3. The van der Waals surface area contributed by atoms with E-state index in [2.05, 4.69) is 5.32 Å². The highest BCUT2D eigenvalue weighted by Crippen LogP contribution is 2.17. The van der Waals surface area contributed by atoms with E-state index in [1.54, 1.807) is 26.8 Å². The van der Waals surface area contributed by atoms with Crippen molar-refractivity contribution in [2.75, 3.05) is 0 Å². The zero-order chi connectivity index (χ0) is 13.9. The summed E-state index contributed by atoms with van der Waals surface area (Å²) < 4.78 is 5.21. The minimum atomic E-state index is -1.12. The summed E-state index contributed by atoms with van der Waals surface area (Å²) in [4.78, 5) is 23.4. The van der Waals surface area contributed by atoms with Crippen LogP contribution in [0.4, 0.5) is 0 Å². The second-order valence-corrected chi connectivity index (χ2v) is 4.65. The van der Waals surface area contributed by atoms with Crippen molar-refractivity contribution < 1.29 is 14.0 Å². The van der Waals surface area contributed by atoms with Gasteiger partial charge in [0, 0.05) is 0 Å². The third-order valence-electron chi connectivity index (χ3n) is 3.13. The Balaban J connectivity index is 2.89. The number of carbonyl (C=O) groups is 2. The summed E-state index contributed by atoms with van der Waals surface area (Å²) in [7, 11) is 0. The first-order chi connectivity index (χ1) is 8.31. The summed E-state index contributed by atoms with van der Waals surface area (Å²) in [6.07, 6.45) is 0. The van der Waals surface area contributed by atoms with Gasteiger partial charge in [-0.15, -0.1) is 0 Å². The minimum Gasteiger partial charge on any atom is -0.455 e. The first kappa shape index (κ1) is 14.2. The van der Waals surface area contributed by atoms with Crippen molar-refractivity contribution in [1.82, 2.24) is 5.32 Å². The number of carbonyl (C=O) groups excluding carboxylic acids is 2. The Kier molecular flexibility index (Phi) is 4.13. The van der Waals surface area contributed by atoms with Crippen LogP contribution in [0.2, 0.25) is 0 Å². The van der Waals surface area contributed by atoms with Gasteiger partial charge in [0.25, 0.3) is 5.91 Å². The van der Waals surface area contributed by atoms with Gasteiger partial charge in [0.15, 0.2) is 5.76 Å². The van der Waals surface area contributed by atoms with Gasteiger partial charge in [-0.05, 0) is 25.0 Å². The number of furan rings is 1. The first-order valence-electron chi connectivity index (χ1n) is 5.72. The molecule has 0 saturated heterocycles. The number of amides is 2. The van der Waals surface area contributed by atoms with Gasteiger partial charge < -0.3 is 21.2 Å². The monoisotopic (exact) mass is 253 g/mol. The van der Waals surface area contributed by atoms with E-state index in [1.807, 2.05) is 0 Å². The number of primary amides is 1. The van der Waals surface area contributed by atoms with E-state index < -0.39 is 17.4 Å². The molecule has 0 aliphatic carbocycles. The van der Waals surface area contributed by atoms with Crippen molar-refractivity contribution in [3.05, 3.63) is 23.7 Å². The first-order valence-corrected chi connectivity index (χ1v) is 5.72. The van der Waals surface area contributed by atoms with Crippen LogP contribution in [0.3, 0.4) is 0 Å². The molecule has 1 unspecified atom stereocenters. The second kappa shape index (κ2) is 5.22. The average Bonchev–Trinajstić information content (AvgIpc) is 2.76. The fourth-order valence-corrected chi connectivity index (χ4v) is 1.40. The van der Waals surface area contributed by atoms with Crippen molar-refractivity contribution in [2.45, 2.75) is 32.9 Å². The Morgan fingerprint density at radius 3 is 2.44 bits per heavy atom. The van der Waals surface area contributed by atoms with Gasteiger partial charge >= 0.3 is 0 Å². The highest BCUT2D eigenvalue weighted by Gasteiger charge is 2.37. The van der Waals surface area contributed by atoms with E-state index in [-0.39, 0.29) is 18.2 Å². The van der Waals surface area contributed by atoms with Crippen LogP contribution < -0.4 is 16.8 Å². The van der Waals surface area contributed by atoms with E-state index >= 15 is 0 Å². The molecule has 1 atom stereocenters. The third kappa shape index (κ3) is 2.70. The van der Waals surface area contributed by atoms with E-state index in [0.29, 0.717) is 5.76 Å². The van der Waals surface area contributed by atoms with Gasteiger partial charge in [-0.3, -0.25) is 9.59 Å². The molecule has 0 radical (unpaired) electrons. The van der Waals surface area contributed by atoms with Crippen molar-refractivity contribution >= 4 is 11.8 Å². The van der Waals surface area contributed by atoms with Crippen molar-refractivity contribution in [3.63, 3.8) is 0 Å². The molecule has 0 aliphatic heterocycles. The molecule has 0 aliphatic rings. The number of rotatable bonds is 5. The SMILES string of the molecule is CC(C)C(C)(NC(=O)c1ccc(CN)o1)C(N)=O. The molecule has 5 N–H and O–H groups in total. The van der Waals surface area contributed by atoms with E-state index in [1.165, 1.54) is 6.07 Å². The van der Waals surface area contributed by atoms with E-state index in [0.717, 1.165) is 0 Å². The van der Waals surface area contributed by atoms with Gasteiger partial charge in [0.1, 0.15) is 11.3 Å². The predicted molar refractivity (Wildman–Crippen MR) is 66.5 cm³/mol. The maximum atomic E-state index is 11.9. The number of nitrogens with one attached hydrogen (secondary N) is 1.